The molecule has 1 rings (SSSR count). The van der Waals surface area contributed by atoms with Crippen LogP contribution in [0.3, 0.4) is 0 Å². The first-order valence-electron chi connectivity index (χ1n) is 8.81. The Labute approximate surface area is 147 Å². The molecular weight excluding hydrogens is 306 g/mol. The molecule has 0 N–H and O–H groups in total. The van der Waals surface area contributed by atoms with Gasteiger partial charge in [-0.05, 0) is 36.5 Å². The number of benzene rings is 1. The van der Waals surface area contributed by atoms with Gasteiger partial charge >= 0.3 is 0 Å². The highest BCUT2D eigenvalue weighted by molar-refractivity contribution is 6.30. The first-order chi connectivity index (χ1) is 10.7. The van der Waals surface area contributed by atoms with E-state index in [0.717, 1.165) is 31.4 Å². The number of halogens is 1. The number of rotatable bonds is 7. The molecule has 0 aliphatic rings. The quantitative estimate of drug-likeness (QED) is 0.569. The van der Waals surface area contributed by atoms with Crippen LogP contribution in [0.4, 0.5) is 5.69 Å². The molecule has 0 bridgehead atoms. The second-order valence-electron chi connectivity index (χ2n) is 7.51. The van der Waals surface area contributed by atoms with Crippen LogP contribution < -0.4 is 4.90 Å². The third kappa shape index (κ3) is 5.53. The van der Waals surface area contributed by atoms with Gasteiger partial charge < -0.3 is 4.90 Å². The van der Waals surface area contributed by atoms with E-state index in [1.54, 1.807) is 0 Å². The van der Waals surface area contributed by atoms with E-state index in [0.29, 0.717) is 5.02 Å². The molecule has 0 radical (unpaired) electrons. The number of hydrogen-bond acceptors (Lipinski definition) is 1. The van der Waals surface area contributed by atoms with Gasteiger partial charge in [0.15, 0.2) is 0 Å². The molecule has 1 aromatic carbocycles. The summed E-state index contributed by atoms with van der Waals surface area (Å²) in [6, 6.07) is 7.93. The van der Waals surface area contributed by atoms with E-state index in [-0.39, 0.29) is 23.3 Å². The van der Waals surface area contributed by atoms with Gasteiger partial charge in [0.2, 0.25) is 5.91 Å². The minimum Gasteiger partial charge on any atom is -0.309 e. The van der Waals surface area contributed by atoms with Crippen molar-refractivity contribution in [3.8, 4) is 0 Å². The van der Waals surface area contributed by atoms with Crippen LogP contribution in [-0.2, 0) is 4.79 Å². The lowest BCUT2D eigenvalue weighted by atomic mass is 9.80. The number of anilines is 1. The highest BCUT2D eigenvalue weighted by Gasteiger charge is 2.34. The van der Waals surface area contributed by atoms with Crippen LogP contribution in [0.5, 0.6) is 0 Å². The summed E-state index contributed by atoms with van der Waals surface area (Å²) in [7, 11) is 0. The van der Waals surface area contributed by atoms with E-state index in [4.69, 9.17) is 11.6 Å². The summed E-state index contributed by atoms with van der Waals surface area (Å²) in [5, 5.41) is 0.676. The van der Waals surface area contributed by atoms with Crippen LogP contribution in [-0.4, -0.2) is 11.9 Å². The lowest BCUT2D eigenvalue weighted by Crippen LogP contribution is -2.46. The molecule has 1 amide bonds. The molecule has 0 saturated heterocycles. The number of carbonyl (C=O) groups is 1. The van der Waals surface area contributed by atoms with Gasteiger partial charge in [-0.25, -0.2) is 0 Å². The van der Waals surface area contributed by atoms with Crippen LogP contribution >= 0.6 is 11.6 Å². The van der Waals surface area contributed by atoms with Gasteiger partial charge in [-0.1, -0.05) is 72.1 Å². The minimum atomic E-state index is -0.0586. The molecule has 0 aliphatic carbocycles. The summed E-state index contributed by atoms with van der Waals surface area (Å²) in [4.78, 5) is 15.3. The van der Waals surface area contributed by atoms with Crippen molar-refractivity contribution in [2.45, 2.75) is 73.3 Å². The average Bonchev–Trinajstić information content (AvgIpc) is 2.46. The molecule has 23 heavy (non-hydrogen) atoms. The van der Waals surface area contributed by atoms with Gasteiger partial charge in [-0.3, -0.25) is 4.79 Å². The Hall–Kier alpha value is -1.02. The molecule has 2 nitrogen and oxygen atoms in total. The fourth-order valence-electron chi connectivity index (χ4n) is 2.79. The maximum absolute atomic E-state index is 13.3. The van der Waals surface area contributed by atoms with Gasteiger partial charge in [-0.2, -0.15) is 0 Å². The maximum atomic E-state index is 13.3. The summed E-state index contributed by atoms with van der Waals surface area (Å²) in [5.74, 6) is 0.157. The molecule has 3 heteroatoms. The van der Waals surface area contributed by atoms with Gasteiger partial charge in [0.1, 0.15) is 0 Å². The Morgan fingerprint density at radius 1 is 1.17 bits per heavy atom. The SMILES string of the molecule is CCCC(CCC)N(C(=O)C(C)C(C)(C)C)c1cccc(Cl)c1. The van der Waals surface area contributed by atoms with Crippen LogP contribution in [0.15, 0.2) is 24.3 Å². The highest BCUT2D eigenvalue weighted by atomic mass is 35.5. The largest absolute Gasteiger partial charge is 0.309 e. The predicted molar refractivity (Wildman–Crippen MR) is 101 cm³/mol. The zero-order valence-electron chi connectivity index (χ0n) is 15.5. The summed E-state index contributed by atoms with van der Waals surface area (Å²) < 4.78 is 0. The molecule has 0 saturated carbocycles. The molecule has 130 valence electrons. The van der Waals surface area contributed by atoms with Crippen molar-refractivity contribution in [2.75, 3.05) is 4.90 Å². The zero-order chi connectivity index (χ0) is 17.6. The van der Waals surface area contributed by atoms with Crippen LogP contribution in [0.2, 0.25) is 5.02 Å². The normalized spacial score (nSPS) is 13.2. The third-order valence-corrected chi connectivity index (χ3v) is 4.84. The van der Waals surface area contributed by atoms with E-state index in [9.17, 15) is 4.79 Å². The van der Waals surface area contributed by atoms with Crippen molar-refractivity contribution < 1.29 is 4.79 Å². The highest BCUT2D eigenvalue weighted by Crippen LogP contribution is 2.32. The molecule has 1 atom stereocenters. The Morgan fingerprint density at radius 2 is 1.74 bits per heavy atom. The van der Waals surface area contributed by atoms with Crippen molar-refractivity contribution in [1.82, 2.24) is 0 Å². The molecule has 0 aliphatic heterocycles. The van der Waals surface area contributed by atoms with Gasteiger partial charge in [0, 0.05) is 22.7 Å². The smallest absolute Gasteiger partial charge is 0.230 e. The van der Waals surface area contributed by atoms with E-state index < -0.39 is 0 Å². The predicted octanol–water partition coefficient (Wildman–Crippen LogP) is 6.32. The molecule has 0 fully saturated rings. The first-order valence-corrected chi connectivity index (χ1v) is 9.18. The number of carbonyl (C=O) groups excluding carboxylic acids is 1. The molecule has 1 aromatic rings. The van der Waals surface area contributed by atoms with Crippen LogP contribution in [0, 0.1) is 11.3 Å². The van der Waals surface area contributed by atoms with E-state index in [1.807, 2.05) is 36.1 Å². The molecular formula is C20H32ClNO. The second kappa shape index (κ2) is 8.73. The van der Waals surface area contributed by atoms with Crippen molar-refractivity contribution in [1.29, 1.82) is 0 Å². The summed E-state index contributed by atoms with van der Waals surface area (Å²) in [6.45, 7) is 12.8. The van der Waals surface area contributed by atoms with E-state index in [2.05, 4.69) is 34.6 Å². The first kappa shape index (κ1) is 20.0. The van der Waals surface area contributed by atoms with Crippen molar-refractivity contribution >= 4 is 23.2 Å². The molecule has 0 spiro atoms. The lowest BCUT2D eigenvalue weighted by molar-refractivity contribution is -0.125. The topological polar surface area (TPSA) is 20.3 Å². The Morgan fingerprint density at radius 3 is 2.17 bits per heavy atom. The zero-order valence-corrected chi connectivity index (χ0v) is 16.3. The summed E-state index contributed by atoms with van der Waals surface area (Å²) >= 11 is 6.18. The van der Waals surface area contributed by atoms with E-state index >= 15 is 0 Å². The fraction of sp³-hybridized carbons (Fsp3) is 0.650. The van der Waals surface area contributed by atoms with Crippen LogP contribution in [0.1, 0.15) is 67.2 Å². The number of nitrogens with zero attached hydrogens (tertiary/aromatic N) is 1. The Bertz CT molecular complexity index is 501. The summed E-state index contributed by atoms with van der Waals surface area (Å²) in [6.07, 6.45) is 4.17. The standard InChI is InChI=1S/C20H32ClNO/c1-7-10-17(11-8-2)22(18-13-9-12-16(21)14-18)19(23)15(3)20(4,5)6/h9,12-15,17H,7-8,10-11H2,1-6H3. The average molecular weight is 338 g/mol. The minimum absolute atomic E-state index is 0.0438. The number of amides is 1. The molecule has 1 unspecified atom stereocenters. The van der Waals surface area contributed by atoms with Crippen molar-refractivity contribution in [3.63, 3.8) is 0 Å². The Balaban J connectivity index is 3.27. The lowest BCUT2D eigenvalue weighted by Gasteiger charge is -2.37. The monoisotopic (exact) mass is 337 g/mol. The molecule has 0 heterocycles. The Kier molecular flexibility index (Phi) is 7.60. The third-order valence-electron chi connectivity index (χ3n) is 4.60. The van der Waals surface area contributed by atoms with Gasteiger partial charge in [-0.15, -0.1) is 0 Å². The van der Waals surface area contributed by atoms with E-state index in [1.165, 1.54) is 0 Å². The van der Waals surface area contributed by atoms with Gasteiger partial charge in [0.05, 0.1) is 0 Å². The van der Waals surface area contributed by atoms with Gasteiger partial charge in [0.25, 0.3) is 0 Å². The van der Waals surface area contributed by atoms with Crippen molar-refractivity contribution in [3.05, 3.63) is 29.3 Å². The van der Waals surface area contributed by atoms with Crippen molar-refractivity contribution in [2.24, 2.45) is 11.3 Å². The fourth-order valence-corrected chi connectivity index (χ4v) is 2.98. The second-order valence-corrected chi connectivity index (χ2v) is 7.94. The number of hydrogen-bond donors (Lipinski definition) is 0. The van der Waals surface area contributed by atoms with Crippen LogP contribution in [0.25, 0.3) is 0 Å². The molecule has 0 aromatic heterocycles. The maximum Gasteiger partial charge on any atom is 0.230 e. The summed E-state index contributed by atoms with van der Waals surface area (Å²) in [5.41, 5.74) is 0.863.